The molecule has 166 valence electrons. The second-order valence-electron chi connectivity index (χ2n) is 8.07. The van der Waals surface area contributed by atoms with Crippen LogP contribution in [0.4, 0.5) is 0 Å². The van der Waals surface area contributed by atoms with E-state index in [2.05, 4.69) is 13.8 Å². The largest absolute Gasteiger partial charge is 0.461 e. The summed E-state index contributed by atoms with van der Waals surface area (Å²) in [7, 11) is -3.58. The number of sulfonamides is 1. The van der Waals surface area contributed by atoms with Gasteiger partial charge in [-0.3, -0.25) is 9.59 Å². The number of carbonyl (C=O) groups is 2. The fourth-order valence-electron chi connectivity index (χ4n) is 3.54. The van der Waals surface area contributed by atoms with Gasteiger partial charge in [0.1, 0.15) is 6.61 Å². The third kappa shape index (κ3) is 5.51. The molecule has 0 aliphatic carbocycles. The number of benzene rings is 2. The monoisotopic (exact) mass is 444 g/mol. The summed E-state index contributed by atoms with van der Waals surface area (Å²) in [6.45, 7) is 4.77. The first-order chi connectivity index (χ1) is 14.7. The van der Waals surface area contributed by atoms with Crippen LogP contribution in [0.3, 0.4) is 0 Å². The minimum Gasteiger partial charge on any atom is -0.461 e. The minimum absolute atomic E-state index is 0.0958. The summed E-state index contributed by atoms with van der Waals surface area (Å²) in [5.74, 6) is -0.849. The Morgan fingerprint density at radius 2 is 1.61 bits per heavy atom. The van der Waals surface area contributed by atoms with Crippen LogP contribution in [0.25, 0.3) is 0 Å². The fourth-order valence-corrected chi connectivity index (χ4v) is 5.01. The Kier molecular flexibility index (Phi) is 7.12. The molecule has 0 atom stereocenters. The number of piperidine rings is 1. The highest BCUT2D eigenvalue weighted by Crippen LogP contribution is 2.26. The number of hydrogen-bond acceptors (Lipinski definition) is 5. The molecule has 0 spiro atoms. The molecule has 2 aromatic carbocycles. The van der Waals surface area contributed by atoms with Crippen LogP contribution in [0.5, 0.6) is 0 Å². The van der Waals surface area contributed by atoms with Crippen LogP contribution in [-0.2, 0) is 26.2 Å². The number of nitrogens with two attached hydrogens (primary N) is 1. The van der Waals surface area contributed by atoms with E-state index in [1.807, 2.05) is 12.1 Å². The number of nitrogens with zero attached hydrogens (tertiary/aromatic N) is 1. The van der Waals surface area contributed by atoms with Gasteiger partial charge < -0.3 is 10.5 Å². The highest BCUT2D eigenvalue weighted by Gasteiger charge is 2.32. The summed E-state index contributed by atoms with van der Waals surface area (Å²) in [5, 5.41) is 0. The van der Waals surface area contributed by atoms with E-state index in [1.165, 1.54) is 4.31 Å². The number of hydrogen-bond donors (Lipinski definition) is 1. The molecule has 3 rings (SSSR count). The van der Waals surface area contributed by atoms with E-state index in [-0.39, 0.29) is 36.5 Å². The van der Waals surface area contributed by atoms with E-state index in [4.69, 9.17) is 10.5 Å². The Hall–Kier alpha value is -2.71. The van der Waals surface area contributed by atoms with Crippen molar-refractivity contribution in [3.63, 3.8) is 0 Å². The van der Waals surface area contributed by atoms with Gasteiger partial charge in [-0.2, -0.15) is 4.31 Å². The van der Waals surface area contributed by atoms with Crippen LogP contribution in [0.15, 0.2) is 53.4 Å². The number of rotatable bonds is 7. The van der Waals surface area contributed by atoms with Crippen LogP contribution < -0.4 is 5.73 Å². The van der Waals surface area contributed by atoms with Crippen LogP contribution in [0.1, 0.15) is 54.1 Å². The Bertz CT molecular complexity index is 1020. The van der Waals surface area contributed by atoms with E-state index in [0.717, 1.165) is 11.1 Å². The van der Waals surface area contributed by atoms with Gasteiger partial charge in [-0.1, -0.05) is 38.1 Å². The van der Waals surface area contributed by atoms with E-state index >= 15 is 0 Å². The van der Waals surface area contributed by atoms with Crippen molar-refractivity contribution in [2.24, 2.45) is 11.7 Å². The highest BCUT2D eigenvalue weighted by atomic mass is 32.2. The van der Waals surface area contributed by atoms with Gasteiger partial charge in [-0.15, -0.1) is 0 Å². The van der Waals surface area contributed by atoms with Crippen LogP contribution in [0, 0.1) is 5.92 Å². The number of primary amides is 1. The molecule has 31 heavy (non-hydrogen) atoms. The second-order valence-corrected chi connectivity index (χ2v) is 10.0. The standard InChI is InChI=1S/C23H28N2O5S/c1-16(2)18-7-9-21(10-8-18)31(28,29)25-13-11-20(12-14-25)23(27)30-15-17-3-5-19(6-4-17)22(24)26/h3-10,16,20H,11-15H2,1-2H3,(H2,24,26). The van der Waals surface area contributed by atoms with Gasteiger partial charge >= 0.3 is 5.97 Å². The van der Waals surface area contributed by atoms with Crippen LogP contribution >= 0.6 is 0 Å². The van der Waals surface area contributed by atoms with Gasteiger partial charge in [-0.05, 0) is 54.2 Å². The third-order valence-corrected chi connectivity index (χ3v) is 7.50. The Morgan fingerprint density at radius 1 is 1.03 bits per heavy atom. The summed E-state index contributed by atoms with van der Waals surface area (Å²) in [6.07, 6.45) is 0.839. The molecule has 0 bridgehead atoms. The summed E-state index contributed by atoms with van der Waals surface area (Å²) >= 11 is 0. The van der Waals surface area contributed by atoms with E-state index < -0.39 is 15.9 Å². The van der Waals surface area contributed by atoms with Gasteiger partial charge in [-0.25, -0.2) is 8.42 Å². The van der Waals surface area contributed by atoms with Gasteiger partial charge in [0.2, 0.25) is 15.9 Å². The zero-order valence-corrected chi connectivity index (χ0v) is 18.6. The molecule has 0 unspecified atom stereocenters. The molecular weight excluding hydrogens is 416 g/mol. The minimum atomic E-state index is -3.58. The molecule has 0 radical (unpaired) electrons. The number of ether oxygens (including phenoxy) is 1. The Labute approximate surface area is 183 Å². The molecule has 1 fully saturated rings. The zero-order chi connectivity index (χ0) is 22.6. The van der Waals surface area contributed by atoms with Crippen molar-refractivity contribution in [3.8, 4) is 0 Å². The maximum atomic E-state index is 12.9. The maximum absolute atomic E-state index is 12.9. The van der Waals surface area contributed by atoms with E-state index in [1.54, 1.807) is 36.4 Å². The van der Waals surface area contributed by atoms with Gasteiger partial charge in [0.15, 0.2) is 0 Å². The molecular formula is C23H28N2O5S. The molecule has 2 N–H and O–H groups in total. The predicted molar refractivity (Wildman–Crippen MR) is 117 cm³/mol. The molecule has 8 heteroatoms. The summed E-state index contributed by atoms with van der Waals surface area (Å²) in [6, 6.07) is 13.5. The highest BCUT2D eigenvalue weighted by molar-refractivity contribution is 7.89. The first-order valence-corrected chi connectivity index (χ1v) is 11.8. The zero-order valence-electron chi connectivity index (χ0n) is 17.8. The Balaban J connectivity index is 1.53. The summed E-state index contributed by atoms with van der Waals surface area (Å²) < 4.78 is 32.6. The molecule has 0 saturated carbocycles. The summed E-state index contributed by atoms with van der Waals surface area (Å²) in [4.78, 5) is 23.8. The van der Waals surface area contributed by atoms with Gasteiger partial charge in [0.25, 0.3) is 0 Å². The fraction of sp³-hybridized carbons (Fsp3) is 0.391. The van der Waals surface area contributed by atoms with Crippen molar-refractivity contribution >= 4 is 21.9 Å². The molecule has 1 amide bonds. The van der Waals surface area contributed by atoms with Crippen LogP contribution in [-0.4, -0.2) is 37.7 Å². The smallest absolute Gasteiger partial charge is 0.309 e. The lowest BCUT2D eigenvalue weighted by Gasteiger charge is -2.30. The van der Waals surface area contributed by atoms with E-state index in [0.29, 0.717) is 24.3 Å². The van der Waals surface area contributed by atoms with Gasteiger partial charge in [0.05, 0.1) is 10.8 Å². The first kappa shape index (κ1) is 23.0. The molecule has 0 aromatic heterocycles. The SMILES string of the molecule is CC(C)c1ccc(S(=O)(=O)N2CCC(C(=O)OCc3ccc(C(N)=O)cc3)CC2)cc1. The maximum Gasteiger partial charge on any atom is 0.309 e. The van der Waals surface area contributed by atoms with Crippen molar-refractivity contribution in [1.29, 1.82) is 0 Å². The molecule has 1 aliphatic heterocycles. The molecule has 1 saturated heterocycles. The number of esters is 1. The summed E-state index contributed by atoms with van der Waals surface area (Å²) in [5.41, 5.74) is 7.44. The van der Waals surface area contributed by atoms with Crippen LogP contribution in [0.2, 0.25) is 0 Å². The topological polar surface area (TPSA) is 107 Å². The van der Waals surface area contributed by atoms with E-state index in [9.17, 15) is 18.0 Å². The molecule has 1 aliphatic rings. The third-order valence-electron chi connectivity index (χ3n) is 5.59. The van der Waals surface area contributed by atoms with Crippen molar-refractivity contribution in [1.82, 2.24) is 4.31 Å². The van der Waals surface area contributed by atoms with Crippen molar-refractivity contribution < 1.29 is 22.7 Å². The average molecular weight is 445 g/mol. The average Bonchev–Trinajstić information content (AvgIpc) is 2.77. The lowest BCUT2D eigenvalue weighted by molar-refractivity contribution is -0.151. The quantitative estimate of drug-likeness (QED) is 0.661. The second kappa shape index (κ2) is 9.62. The molecule has 2 aromatic rings. The van der Waals surface area contributed by atoms with Crippen molar-refractivity contribution in [3.05, 3.63) is 65.2 Å². The van der Waals surface area contributed by atoms with Crippen molar-refractivity contribution in [2.45, 2.75) is 44.1 Å². The molecule has 1 heterocycles. The van der Waals surface area contributed by atoms with Gasteiger partial charge in [0, 0.05) is 18.7 Å². The predicted octanol–water partition coefficient (Wildman–Crippen LogP) is 3.05. The number of carbonyl (C=O) groups excluding carboxylic acids is 2. The molecule has 7 nitrogen and oxygen atoms in total. The lowest BCUT2D eigenvalue weighted by Crippen LogP contribution is -2.40. The number of amides is 1. The first-order valence-electron chi connectivity index (χ1n) is 10.3. The normalized spacial score (nSPS) is 15.7. The lowest BCUT2D eigenvalue weighted by atomic mass is 9.98. The van der Waals surface area contributed by atoms with Crippen molar-refractivity contribution in [2.75, 3.05) is 13.1 Å². The Morgan fingerprint density at radius 3 is 2.13 bits per heavy atom.